The number of carbonyl (C=O) groups excluding carboxylic acids is 1. The van der Waals surface area contributed by atoms with Gasteiger partial charge in [0.05, 0.1) is 24.9 Å². The van der Waals surface area contributed by atoms with E-state index in [-0.39, 0.29) is 24.5 Å². The highest BCUT2D eigenvalue weighted by atomic mass is 16.5. The van der Waals surface area contributed by atoms with Crippen molar-refractivity contribution in [3.63, 3.8) is 0 Å². The van der Waals surface area contributed by atoms with Crippen LogP contribution < -0.4 is 11.2 Å². The van der Waals surface area contributed by atoms with Gasteiger partial charge in [-0.1, -0.05) is 30.6 Å². The second-order valence-electron chi connectivity index (χ2n) is 12.9. The topological polar surface area (TPSA) is 170 Å². The van der Waals surface area contributed by atoms with Crippen LogP contribution >= 0.6 is 0 Å². The van der Waals surface area contributed by atoms with E-state index in [1.807, 2.05) is 0 Å². The number of nitrogens with one attached hydrogen (secondary N) is 1. The predicted molar refractivity (Wildman–Crippen MR) is 147 cm³/mol. The summed E-state index contributed by atoms with van der Waals surface area (Å²) in [7, 11) is 0. The highest BCUT2D eigenvalue weighted by Crippen LogP contribution is 2.63. The van der Waals surface area contributed by atoms with Gasteiger partial charge in [0.25, 0.3) is 5.56 Å². The molecule has 5 aliphatic rings. The van der Waals surface area contributed by atoms with E-state index in [0.717, 1.165) is 50.9 Å². The van der Waals surface area contributed by atoms with Crippen molar-refractivity contribution in [3.8, 4) is 0 Å². The zero-order chi connectivity index (χ0) is 28.8. The Bertz CT molecular complexity index is 1350. The lowest BCUT2D eigenvalue weighted by atomic mass is 9.48. The van der Waals surface area contributed by atoms with Gasteiger partial charge >= 0.3 is 5.69 Å². The molecule has 2 heterocycles. The number of aliphatic hydroxyl groups excluding tert-OH is 2. The fourth-order valence-corrected chi connectivity index (χ4v) is 8.45. The van der Waals surface area contributed by atoms with Gasteiger partial charge in [0.1, 0.15) is 12.0 Å². The van der Waals surface area contributed by atoms with Crippen molar-refractivity contribution in [2.45, 2.75) is 103 Å². The van der Waals surface area contributed by atoms with Gasteiger partial charge in [-0.25, -0.2) is 4.79 Å². The fraction of sp³-hybridized carbons (Fsp3) is 0.759. The summed E-state index contributed by atoms with van der Waals surface area (Å²) in [5.41, 5.74) is 9.56. The summed E-state index contributed by atoms with van der Waals surface area (Å²) in [4.78, 5) is 40.2. The molecule has 11 nitrogen and oxygen atoms in total. The van der Waals surface area contributed by atoms with Gasteiger partial charge in [0.15, 0.2) is 0 Å². The van der Waals surface area contributed by atoms with Crippen molar-refractivity contribution in [1.82, 2.24) is 9.55 Å². The quantitative estimate of drug-likeness (QED) is 0.222. The lowest BCUT2D eigenvalue weighted by Crippen LogP contribution is -2.50. The number of nitrogens with zero attached hydrogens (tertiary/aromatic N) is 4. The maximum Gasteiger partial charge on any atom is 0.330 e. The van der Waals surface area contributed by atoms with Crippen molar-refractivity contribution in [2.24, 2.45) is 33.7 Å². The Kier molecular flexibility index (Phi) is 7.87. The average molecular weight is 556 g/mol. The van der Waals surface area contributed by atoms with Crippen LogP contribution in [0.5, 0.6) is 0 Å². The number of aromatic amines is 1. The average Bonchev–Trinajstić information content (AvgIpc) is 3.47. The van der Waals surface area contributed by atoms with Crippen molar-refractivity contribution >= 4 is 5.78 Å². The number of azide groups is 1. The third-order valence-corrected chi connectivity index (χ3v) is 10.8. The van der Waals surface area contributed by atoms with Crippen molar-refractivity contribution in [2.75, 3.05) is 6.61 Å². The van der Waals surface area contributed by atoms with Gasteiger partial charge in [0.2, 0.25) is 0 Å². The fourth-order valence-electron chi connectivity index (χ4n) is 8.45. The summed E-state index contributed by atoms with van der Waals surface area (Å²) in [5, 5.41) is 22.7. The maximum atomic E-state index is 12.4. The van der Waals surface area contributed by atoms with Crippen LogP contribution in [0.25, 0.3) is 10.4 Å². The van der Waals surface area contributed by atoms with Crippen LogP contribution in [0, 0.1) is 35.5 Å². The molecule has 9 atom stereocenters. The number of ketones is 1. The van der Waals surface area contributed by atoms with Gasteiger partial charge < -0.3 is 14.9 Å². The van der Waals surface area contributed by atoms with Crippen LogP contribution in [0.15, 0.2) is 32.5 Å². The molecule has 0 radical (unpaired) electrons. The number of ether oxygens (including phenoxy) is 1. The first-order valence-electron chi connectivity index (χ1n) is 14.5. The second kappa shape index (κ2) is 10.9. The summed E-state index contributed by atoms with van der Waals surface area (Å²) in [6.07, 6.45) is 11.0. The molecule has 11 heteroatoms. The van der Waals surface area contributed by atoms with Crippen LogP contribution in [0.2, 0.25) is 0 Å². The summed E-state index contributed by atoms with van der Waals surface area (Å²) in [5.74, 6) is 2.60. The summed E-state index contributed by atoms with van der Waals surface area (Å²) in [6, 6.07) is -0.542. The lowest BCUT2D eigenvalue weighted by molar-refractivity contribution is -0.132. The van der Waals surface area contributed by atoms with E-state index >= 15 is 0 Å². The lowest BCUT2D eigenvalue weighted by Gasteiger charge is -2.56. The molecule has 1 aromatic heterocycles. The number of aryl methyl sites for hydroxylation is 1. The van der Waals surface area contributed by atoms with E-state index < -0.39 is 29.6 Å². The molecule has 0 aromatic carbocycles. The van der Waals surface area contributed by atoms with Gasteiger partial charge in [-0.2, -0.15) is 0 Å². The molecule has 3 saturated carbocycles. The predicted octanol–water partition coefficient (Wildman–Crippen LogP) is 3.68. The summed E-state index contributed by atoms with van der Waals surface area (Å²) < 4.78 is 6.69. The normalized spacial score (nSPS) is 40.1. The first-order chi connectivity index (χ1) is 19.0. The Balaban J connectivity index is 0.000000162. The van der Waals surface area contributed by atoms with Crippen molar-refractivity contribution in [1.29, 1.82) is 0 Å². The number of aliphatic hydroxyl groups is 2. The smallest absolute Gasteiger partial charge is 0.330 e. The summed E-state index contributed by atoms with van der Waals surface area (Å²) in [6.45, 7) is 5.95. The van der Waals surface area contributed by atoms with Gasteiger partial charge in [-0.3, -0.25) is 19.1 Å². The second-order valence-corrected chi connectivity index (χ2v) is 12.9. The zero-order valence-electron chi connectivity index (χ0n) is 23.6. The number of carbonyl (C=O) groups is 1. The third kappa shape index (κ3) is 4.87. The molecule has 1 aliphatic heterocycles. The molecule has 6 rings (SSSR count). The molecule has 4 fully saturated rings. The van der Waals surface area contributed by atoms with Gasteiger partial charge in [-0.15, -0.1) is 0 Å². The number of hydrogen-bond acceptors (Lipinski definition) is 7. The van der Waals surface area contributed by atoms with E-state index in [2.05, 4.69) is 34.9 Å². The highest BCUT2D eigenvalue weighted by molar-refractivity contribution is 5.87. The molecule has 0 spiro atoms. The van der Waals surface area contributed by atoms with Crippen molar-refractivity contribution < 1.29 is 19.7 Å². The zero-order valence-corrected chi connectivity index (χ0v) is 23.6. The van der Waals surface area contributed by atoms with Crippen LogP contribution in [0.4, 0.5) is 0 Å². The molecule has 1 aromatic rings. The van der Waals surface area contributed by atoms with Crippen LogP contribution in [-0.4, -0.2) is 50.4 Å². The first kappa shape index (κ1) is 28.8. The van der Waals surface area contributed by atoms with E-state index in [9.17, 15) is 19.5 Å². The third-order valence-electron chi connectivity index (χ3n) is 10.8. The Morgan fingerprint density at radius 2 is 1.90 bits per heavy atom. The molecule has 3 N–H and O–H groups in total. The molecule has 0 amide bonds. The molecular weight excluding hydrogens is 514 g/mol. The Hall–Kier alpha value is -2.72. The Labute approximate surface area is 233 Å². The molecule has 1 saturated heterocycles. The van der Waals surface area contributed by atoms with E-state index in [0.29, 0.717) is 28.6 Å². The standard InChI is InChI=1S/C19H28O2.C10H13N5O4/c1-18-9-7-13(20)11-12(18)3-4-14-15-5-6-17(21)19(15,2)10-8-16(14)18;1-5-3-15(10(18)12-9(5)17)8-2-6(13-14-11)7(4-16)19-8/h3,13-16,20H,4-11H2,1-2H3;3,6-8,16H,2,4H2,1H3,(H,12,17,18)/t13-,14-,15-,16-,18-,19-;6-,7+,8+/m00/s1. The monoisotopic (exact) mass is 555 g/mol. The van der Waals surface area contributed by atoms with Gasteiger partial charge in [-0.05, 0) is 80.6 Å². The van der Waals surface area contributed by atoms with E-state index in [1.165, 1.54) is 22.8 Å². The minimum Gasteiger partial charge on any atom is -0.394 e. The molecule has 0 bridgehead atoms. The Morgan fingerprint density at radius 1 is 1.18 bits per heavy atom. The number of fused-ring (bicyclic) bond motifs is 5. The Morgan fingerprint density at radius 3 is 2.62 bits per heavy atom. The van der Waals surface area contributed by atoms with E-state index in [1.54, 1.807) is 6.92 Å². The number of H-pyrrole nitrogens is 1. The number of hydrogen-bond donors (Lipinski definition) is 3. The molecule has 218 valence electrons. The molecule has 4 aliphatic carbocycles. The SMILES string of the molecule is C[C@]12CC[C@H](O)CC1=CC[C@@H]1[C@@H]2CC[C@]2(C)C(=O)CC[C@@H]12.Cc1cn([C@H]2C[C@H](N=[N+]=[N-])[C@@H](CO)O2)c(=O)[nH]c1=O. The number of allylic oxidation sites excluding steroid dienone is 1. The summed E-state index contributed by atoms with van der Waals surface area (Å²) >= 11 is 0. The maximum absolute atomic E-state index is 12.4. The van der Waals surface area contributed by atoms with Crippen molar-refractivity contribution in [3.05, 3.63) is 54.7 Å². The van der Waals surface area contributed by atoms with Gasteiger partial charge in [0, 0.05) is 34.9 Å². The first-order valence-corrected chi connectivity index (χ1v) is 14.5. The molecule has 40 heavy (non-hydrogen) atoms. The minimum absolute atomic E-state index is 0.0168. The molecular formula is C29H41N5O6. The van der Waals surface area contributed by atoms with Crippen LogP contribution in [0.1, 0.15) is 83.4 Å². The number of aromatic nitrogens is 2. The largest absolute Gasteiger partial charge is 0.394 e. The minimum atomic E-state index is -0.671. The van der Waals surface area contributed by atoms with Crippen LogP contribution in [-0.2, 0) is 9.53 Å². The number of rotatable bonds is 3. The number of Topliss-reactive ketones (excluding diaryl/α,β-unsaturated/α-hetero) is 1. The van der Waals surface area contributed by atoms with E-state index in [4.69, 9.17) is 15.4 Å². The van der Waals surface area contributed by atoms with Crippen LogP contribution in [0.3, 0.4) is 0 Å². The highest BCUT2D eigenvalue weighted by Gasteiger charge is 2.58. The molecule has 0 unspecified atom stereocenters.